The molecule has 0 aliphatic rings. The van der Waals surface area contributed by atoms with Crippen LogP contribution in [0.15, 0.2) is 30.3 Å². The molecule has 0 saturated carbocycles. The SMILES string of the molecule is CCOC(=O)CC(=O)[C@H](CCCNC(=O)OCc1ccccc1)NC(=O)OC(C)(C)C. The lowest BCUT2D eigenvalue weighted by Gasteiger charge is -2.23. The molecule has 0 aromatic heterocycles. The Kier molecular flexibility index (Phi) is 11.1. The molecule has 0 spiro atoms. The van der Waals surface area contributed by atoms with E-state index in [1.54, 1.807) is 27.7 Å². The maximum atomic E-state index is 12.4. The third kappa shape index (κ3) is 12.2. The fraction of sp³-hybridized carbons (Fsp3) is 0.545. The second kappa shape index (κ2) is 13.3. The maximum absolute atomic E-state index is 12.4. The van der Waals surface area contributed by atoms with Gasteiger partial charge in [0.1, 0.15) is 18.6 Å². The summed E-state index contributed by atoms with van der Waals surface area (Å²) < 4.78 is 15.1. The molecule has 31 heavy (non-hydrogen) atoms. The molecule has 1 atom stereocenters. The number of amides is 2. The highest BCUT2D eigenvalue weighted by Crippen LogP contribution is 2.09. The van der Waals surface area contributed by atoms with Crippen LogP contribution >= 0.6 is 0 Å². The minimum absolute atomic E-state index is 0.146. The Morgan fingerprint density at radius 1 is 1.00 bits per heavy atom. The number of Topliss-reactive ketones (excluding diaryl/α,β-unsaturated/α-hetero) is 1. The molecule has 0 bridgehead atoms. The first-order chi connectivity index (χ1) is 14.6. The summed E-state index contributed by atoms with van der Waals surface area (Å²) in [6.07, 6.45) is -1.23. The van der Waals surface area contributed by atoms with Gasteiger partial charge >= 0.3 is 18.2 Å². The van der Waals surface area contributed by atoms with Crippen LogP contribution in [0.25, 0.3) is 0 Å². The Morgan fingerprint density at radius 2 is 1.68 bits per heavy atom. The number of rotatable bonds is 11. The van der Waals surface area contributed by atoms with Crippen LogP contribution in [0, 0.1) is 0 Å². The quantitative estimate of drug-likeness (QED) is 0.237. The molecule has 2 amide bonds. The van der Waals surface area contributed by atoms with Crippen LogP contribution in [0.2, 0.25) is 0 Å². The van der Waals surface area contributed by atoms with Gasteiger partial charge in [-0.2, -0.15) is 0 Å². The molecular weight excluding hydrogens is 404 g/mol. The Bertz CT molecular complexity index is 729. The van der Waals surface area contributed by atoms with E-state index in [-0.39, 0.29) is 26.2 Å². The number of esters is 1. The molecule has 0 aliphatic heterocycles. The molecule has 0 fully saturated rings. The Labute approximate surface area is 182 Å². The first-order valence-electron chi connectivity index (χ1n) is 10.2. The third-order valence-electron chi connectivity index (χ3n) is 3.86. The number of carbonyl (C=O) groups excluding carboxylic acids is 4. The first-order valence-corrected chi connectivity index (χ1v) is 10.2. The zero-order chi connectivity index (χ0) is 23.3. The van der Waals surface area contributed by atoms with Crippen molar-refractivity contribution in [3.8, 4) is 0 Å². The van der Waals surface area contributed by atoms with Gasteiger partial charge in [0.05, 0.1) is 12.6 Å². The maximum Gasteiger partial charge on any atom is 0.408 e. The molecule has 172 valence electrons. The van der Waals surface area contributed by atoms with Crippen LogP contribution in [0.1, 0.15) is 52.5 Å². The van der Waals surface area contributed by atoms with Crippen molar-refractivity contribution in [1.82, 2.24) is 10.6 Å². The average Bonchev–Trinajstić information content (AvgIpc) is 2.68. The van der Waals surface area contributed by atoms with Crippen LogP contribution in [-0.4, -0.2) is 48.7 Å². The van der Waals surface area contributed by atoms with E-state index in [0.717, 1.165) is 5.56 Å². The van der Waals surface area contributed by atoms with E-state index < -0.39 is 42.0 Å². The summed E-state index contributed by atoms with van der Waals surface area (Å²) in [6.45, 7) is 7.28. The van der Waals surface area contributed by atoms with Gasteiger partial charge in [0.15, 0.2) is 5.78 Å². The van der Waals surface area contributed by atoms with Crippen molar-refractivity contribution < 1.29 is 33.4 Å². The topological polar surface area (TPSA) is 120 Å². The molecule has 9 heteroatoms. The summed E-state index contributed by atoms with van der Waals surface area (Å²) in [4.78, 5) is 47.9. The Hall–Kier alpha value is -3.10. The highest BCUT2D eigenvalue weighted by Gasteiger charge is 2.26. The predicted octanol–water partition coefficient (Wildman–Crippen LogP) is 3.11. The zero-order valence-corrected chi connectivity index (χ0v) is 18.6. The van der Waals surface area contributed by atoms with E-state index in [9.17, 15) is 19.2 Å². The minimum Gasteiger partial charge on any atom is -0.466 e. The van der Waals surface area contributed by atoms with E-state index >= 15 is 0 Å². The van der Waals surface area contributed by atoms with Gasteiger partial charge in [-0.3, -0.25) is 9.59 Å². The van der Waals surface area contributed by atoms with Gasteiger partial charge in [0.25, 0.3) is 0 Å². The fourth-order valence-corrected chi connectivity index (χ4v) is 2.51. The van der Waals surface area contributed by atoms with Crippen LogP contribution in [0.5, 0.6) is 0 Å². The molecule has 0 aliphatic carbocycles. The van der Waals surface area contributed by atoms with Crippen molar-refractivity contribution in [1.29, 1.82) is 0 Å². The zero-order valence-electron chi connectivity index (χ0n) is 18.6. The summed E-state index contributed by atoms with van der Waals surface area (Å²) in [7, 11) is 0. The van der Waals surface area contributed by atoms with E-state index in [2.05, 4.69) is 10.6 Å². The van der Waals surface area contributed by atoms with E-state index in [1.807, 2.05) is 30.3 Å². The molecule has 9 nitrogen and oxygen atoms in total. The smallest absolute Gasteiger partial charge is 0.408 e. The molecule has 1 aromatic rings. The molecule has 0 heterocycles. The van der Waals surface area contributed by atoms with Gasteiger partial charge in [0, 0.05) is 6.54 Å². The van der Waals surface area contributed by atoms with Crippen LogP contribution < -0.4 is 10.6 Å². The van der Waals surface area contributed by atoms with Gasteiger partial charge in [0.2, 0.25) is 0 Å². The van der Waals surface area contributed by atoms with Gasteiger partial charge in [-0.05, 0) is 46.1 Å². The Balaban J connectivity index is 2.49. The number of ether oxygens (including phenoxy) is 3. The van der Waals surface area contributed by atoms with E-state index in [0.29, 0.717) is 6.42 Å². The van der Waals surface area contributed by atoms with Gasteiger partial charge < -0.3 is 24.8 Å². The highest BCUT2D eigenvalue weighted by molar-refractivity contribution is 5.99. The van der Waals surface area contributed by atoms with Crippen molar-refractivity contribution in [2.24, 2.45) is 0 Å². The van der Waals surface area contributed by atoms with Crippen molar-refractivity contribution in [2.75, 3.05) is 13.2 Å². The Morgan fingerprint density at radius 3 is 2.29 bits per heavy atom. The largest absolute Gasteiger partial charge is 0.466 e. The molecule has 1 rings (SSSR count). The highest BCUT2D eigenvalue weighted by atomic mass is 16.6. The van der Waals surface area contributed by atoms with Crippen molar-refractivity contribution in [3.63, 3.8) is 0 Å². The molecule has 2 N–H and O–H groups in total. The van der Waals surface area contributed by atoms with Crippen molar-refractivity contribution in [2.45, 2.75) is 65.2 Å². The summed E-state index contributed by atoms with van der Waals surface area (Å²) >= 11 is 0. The lowest BCUT2D eigenvalue weighted by Crippen LogP contribution is -2.44. The summed E-state index contributed by atoms with van der Waals surface area (Å²) in [5.74, 6) is -1.15. The fourth-order valence-electron chi connectivity index (χ4n) is 2.51. The number of ketones is 1. The molecule has 0 unspecified atom stereocenters. The monoisotopic (exact) mass is 436 g/mol. The number of hydrogen-bond acceptors (Lipinski definition) is 7. The van der Waals surface area contributed by atoms with Crippen LogP contribution in [-0.2, 0) is 30.4 Å². The summed E-state index contributed by atoms with van der Waals surface area (Å²) in [6, 6.07) is 8.31. The van der Waals surface area contributed by atoms with Crippen molar-refractivity contribution in [3.05, 3.63) is 35.9 Å². The number of nitrogens with one attached hydrogen (secondary N) is 2. The predicted molar refractivity (Wildman–Crippen MR) is 113 cm³/mol. The molecule has 1 aromatic carbocycles. The lowest BCUT2D eigenvalue weighted by molar-refractivity contribution is -0.146. The molecule has 0 saturated heterocycles. The standard InChI is InChI=1S/C22H32N2O7/c1-5-29-19(26)14-18(25)17(24-21(28)31-22(2,3)4)12-9-13-23-20(27)30-15-16-10-7-6-8-11-16/h6-8,10-11,17H,5,9,12-15H2,1-4H3,(H,23,27)(H,24,28)/t17-/m0/s1. The van der Waals surface area contributed by atoms with Crippen molar-refractivity contribution >= 4 is 23.9 Å². The summed E-state index contributed by atoms with van der Waals surface area (Å²) in [5.41, 5.74) is 0.131. The second-order valence-corrected chi connectivity index (χ2v) is 7.78. The summed E-state index contributed by atoms with van der Waals surface area (Å²) in [5, 5.41) is 5.08. The number of carbonyl (C=O) groups is 4. The minimum atomic E-state index is -0.943. The number of benzene rings is 1. The normalized spacial score (nSPS) is 11.7. The van der Waals surface area contributed by atoms with Crippen LogP contribution in [0.4, 0.5) is 9.59 Å². The average molecular weight is 437 g/mol. The lowest BCUT2D eigenvalue weighted by atomic mass is 10.0. The van der Waals surface area contributed by atoms with Gasteiger partial charge in [-0.25, -0.2) is 9.59 Å². The second-order valence-electron chi connectivity index (χ2n) is 7.78. The molecular formula is C22H32N2O7. The van der Waals surface area contributed by atoms with Crippen LogP contribution in [0.3, 0.4) is 0 Å². The van der Waals surface area contributed by atoms with Gasteiger partial charge in [-0.1, -0.05) is 30.3 Å². The molecule has 0 radical (unpaired) electrons. The van der Waals surface area contributed by atoms with E-state index in [1.165, 1.54) is 0 Å². The van der Waals surface area contributed by atoms with E-state index in [4.69, 9.17) is 14.2 Å². The van der Waals surface area contributed by atoms with Gasteiger partial charge in [-0.15, -0.1) is 0 Å². The third-order valence-corrected chi connectivity index (χ3v) is 3.86. The number of hydrogen-bond donors (Lipinski definition) is 2. The number of alkyl carbamates (subject to hydrolysis) is 2. The first kappa shape index (κ1) is 25.9.